The van der Waals surface area contributed by atoms with Crippen LogP contribution < -0.4 is 15.4 Å². The van der Waals surface area contributed by atoms with E-state index < -0.39 is 6.10 Å². The highest BCUT2D eigenvalue weighted by Crippen LogP contribution is 2.30. The van der Waals surface area contributed by atoms with Crippen molar-refractivity contribution in [2.75, 3.05) is 10.6 Å². The summed E-state index contributed by atoms with van der Waals surface area (Å²) >= 11 is 0. The van der Waals surface area contributed by atoms with Gasteiger partial charge in [0.2, 0.25) is 0 Å². The Morgan fingerprint density at radius 3 is 2.77 bits per heavy atom. The number of amides is 2. The van der Waals surface area contributed by atoms with E-state index in [4.69, 9.17) is 4.74 Å². The van der Waals surface area contributed by atoms with Crippen molar-refractivity contribution in [2.24, 2.45) is 0 Å². The highest BCUT2D eigenvalue weighted by Gasteiger charge is 2.24. The van der Waals surface area contributed by atoms with Crippen molar-refractivity contribution in [1.29, 1.82) is 0 Å². The van der Waals surface area contributed by atoms with Crippen LogP contribution in [0.3, 0.4) is 0 Å². The van der Waals surface area contributed by atoms with Gasteiger partial charge < -0.3 is 15.4 Å². The van der Waals surface area contributed by atoms with Crippen molar-refractivity contribution in [3.63, 3.8) is 0 Å². The van der Waals surface area contributed by atoms with Gasteiger partial charge >= 0.3 is 0 Å². The van der Waals surface area contributed by atoms with E-state index in [1.54, 1.807) is 25.1 Å². The van der Waals surface area contributed by atoms with Gasteiger partial charge in [-0.05, 0) is 43.7 Å². The van der Waals surface area contributed by atoms with Gasteiger partial charge in [-0.25, -0.2) is 0 Å². The monoisotopic (exact) mass is 296 g/mol. The summed E-state index contributed by atoms with van der Waals surface area (Å²) in [6.07, 6.45) is -0.529. The summed E-state index contributed by atoms with van der Waals surface area (Å²) in [6.45, 7) is 3.61. The molecule has 0 radical (unpaired) electrons. The Morgan fingerprint density at radius 1 is 1.23 bits per heavy atom. The van der Waals surface area contributed by atoms with Crippen LogP contribution in [0.5, 0.6) is 5.75 Å². The number of carbonyl (C=O) groups is 2. The number of aryl methyl sites for hydroxylation is 1. The van der Waals surface area contributed by atoms with Crippen molar-refractivity contribution >= 4 is 23.2 Å². The minimum Gasteiger partial charge on any atom is -0.479 e. The second-order valence-electron chi connectivity index (χ2n) is 5.23. The lowest BCUT2D eigenvalue weighted by atomic mass is 10.1. The summed E-state index contributed by atoms with van der Waals surface area (Å²) in [6, 6.07) is 12.5. The Hall–Kier alpha value is -2.82. The SMILES string of the molecule is Cc1ccccc1NC(=O)c1ccc2c(c1)NC(=O)C(C)O2. The van der Waals surface area contributed by atoms with Crippen LogP contribution in [0.4, 0.5) is 11.4 Å². The Labute approximate surface area is 128 Å². The molecule has 3 rings (SSSR count). The number of rotatable bonds is 2. The molecule has 2 N–H and O–H groups in total. The van der Waals surface area contributed by atoms with Gasteiger partial charge in [-0.15, -0.1) is 0 Å². The van der Waals surface area contributed by atoms with Gasteiger partial charge in [-0.1, -0.05) is 18.2 Å². The highest BCUT2D eigenvalue weighted by molar-refractivity contribution is 6.06. The zero-order valence-corrected chi connectivity index (χ0v) is 12.3. The predicted octanol–water partition coefficient (Wildman–Crippen LogP) is 2.97. The van der Waals surface area contributed by atoms with Gasteiger partial charge in [0, 0.05) is 11.3 Å². The van der Waals surface area contributed by atoms with Gasteiger partial charge in [0.15, 0.2) is 6.10 Å². The van der Waals surface area contributed by atoms with Gasteiger partial charge in [-0.2, -0.15) is 0 Å². The number of carbonyl (C=O) groups excluding carboxylic acids is 2. The van der Waals surface area contributed by atoms with Gasteiger partial charge in [0.1, 0.15) is 5.75 Å². The fraction of sp³-hybridized carbons (Fsp3) is 0.176. The molecule has 112 valence electrons. The minimum atomic E-state index is -0.529. The second-order valence-corrected chi connectivity index (χ2v) is 5.23. The van der Waals surface area contributed by atoms with Crippen LogP contribution in [0, 0.1) is 6.92 Å². The molecule has 0 spiro atoms. The van der Waals surface area contributed by atoms with Crippen molar-refractivity contribution < 1.29 is 14.3 Å². The molecule has 0 saturated carbocycles. The summed E-state index contributed by atoms with van der Waals surface area (Å²) < 4.78 is 5.47. The molecule has 2 aromatic carbocycles. The first kappa shape index (κ1) is 14.1. The maximum atomic E-state index is 12.3. The molecular formula is C17H16N2O3. The maximum Gasteiger partial charge on any atom is 0.265 e. The summed E-state index contributed by atoms with van der Waals surface area (Å²) in [4.78, 5) is 24.0. The molecule has 2 amide bonds. The molecule has 1 aliphatic heterocycles. The standard InChI is InChI=1S/C17H16N2O3/c1-10-5-3-4-6-13(10)18-17(21)12-7-8-15-14(9-12)19-16(20)11(2)22-15/h3-9,11H,1-2H3,(H,18,21)(H,19,20). The van der Waals surface area contributed by atoms with E-state index >= 15 is 0 Å². The van der Waals surface area contributed by atoms with Gasteiger partial charge in [0.25, 0.3) is 11.8 Å². The van der Waals surface area contributed by atoms with Gasteiger partial charge in [0.05, 0.1) is 5.69 Å². The summed E-state index contributed by atoms with van der Waals surface area (Å²) in [5, 5.41) is 5.60. The number of ether oxygens (including phenoxy) is 1. The first-order chi connectivity index (χ1) is 10.5. The Kier molecular flexibility index (Phi) is 3.55. The zero-order chi connectivity index (χ0) is 15.7. The number of hydrogen-bond donors (Lipinski definition) is 2. The fourth-order valence-corrected chi connectivity index (χ4v) is 2.26. The molecule has 0 saturated heterocycles. The average Bonchev–Trinajstić information content (AvgIpc) is 2.50. The van der Waals surface area contributed by atoms with Crippen molar-refractivity contribution in [3.05, 3.63) is 53.6 Å². The molecule has 1 atom stereocenters. The highest BCUT2D eigenvalue weighted by atomic mass is 16.5. The van der Waals surface area contributed by atoms with Gasteiger partial charge in [-0.3, -0.25) is 9.59 Å². The quantitative estimate of drug-likeness (QED) is 0.895. The van der Waals surface area contributed by atoms with Crippen molar-refractivity contribution in [1.82, 2.24) is 0 Å². The van der Waals surface area contributed by atoms with Crippen LogP contribution in [0.25, 0.3) is 0 Å². The third-order valence-electron chi connectivity index (χ3n) is 3.57. The number of anilines is 2. The topological polar surface area (TPSA) is 67.4 Å². The number of benzene rings is 2. The van der Waals surface area contributed by atoms with Crippen molar-refractivity contribution in [3.8, 4) is 5.75 Å². The van der Waals surface area contributed by atoms with E-state index in [1.807, 2.05) is 31.2 Å². The molecule has 1 aliphatic rings. The molecule has 1 unspecified atom stereocenters. The van der Waals surface area contributed by atoms with Crippen LogP contribution in [-0.4, -0.2) is 17.9 Å². The lowest BCUT2D eigenvalue weighted by Gasteiger charge is -2.23. The van der Waals surface area contributed by atoms with Crippen molar-refractivity contribution in [2.45, 2.75) is 20.0 Å². The van der Waals surface area contributed by atoms with E-state index in [1.165, 1.54) is 0 Å². The van der Waals surface area contributed by atoms with Crippen LogP contribution in [-0.2, 0) is 4.79 Å². The Bertz CT molecular complexity index is 755. The van der Waals surface area contributed by atoms with E-state index in [-0.39, 0.29) is 11.8 Å². The minimum absolute atomic E-state index is 0.219. The van der Waals surface area contributed by atoms with Crippen LogP contribution in [0.2, 0.25) is 0 Å². The molecule has 5 heteroatoms. The van der Waals surface area contributed by atoms with Crippen LogP contribution in [0.15, 0.2) is 42.5 Å². The first-order valence-corrected chi connectivity index (χ1v) is 7.03. The number of fused-ring (bicyclic) bond motifs is 1. The van der Waals surface area contributed by atoms with Crippen LogP contribution >= 0.6 is 0 Å². The van der Waals surface area contributed by atoms with Crippen LogP contribution in [0.1, 0.15) is 22.8 Å². The third kappa shape index (κ3) is 2.65. The number of hydrogen-bond acceptors (Lipinski definition) is 3. The normalized spacial score (nSPS) is 16.3. The fourth-order valence-electron chi connectivity index (χ4n) is 2.26. The molecule has 1 heterocycles. The third-order valence-corrected chi connectivity index (χ3v) is 3.57. The predicted molar refractivity (Wildman–Crippen MR) is 84.3 cm³/mol. The van der Waals surface area contributed by atoms with E-state index in [0.717, 1.165) is 11.3 Å². The number of para-hydroxylation sites is 1. The molecule has 2 aromatic rings. The number of nitrogens with one attached hydrogen (secondary N) is 2. The molecular weight excluding hydrogens is 280 g/mol. The van der Waals surface area contributed by atoms with E-state index in [0.29, 0.717) is 17.0 Å². The van der Waals surface area contributed by atoms with E-state index in [2.05, 4.69) is 10.6 Å². The molecule has 0 aromatic heterocycles. The maximum absolute atomic E-state index is 12.3. The molecule has 5 nitrogen and oxygen atoms in total. The smallest absolute Gasteiger partial charge is 0.265 e. The summed E-state index contributed by atoms with van der Waals surface area (Å²) in [5.41, 5.74) is 2.72. The zero-order valence-electron chi connectivity index (χ0n) is 12.3. The molecule has 0 aliphatic carbocycles. The van der Waals surface area contributed by atoms with E-state index in [9.17, 15) is 9.59 Å². The largest absolute Gasteiger partial charge is 0.479 e. The lowest BCUT2D eigenvalue weighted by Crippen LogP contribution is -2.34. The molecule has 0 fully saturated rings. The summed E-state index contributed by atoms with van der Waals surface area (Å²) in [7, 11) is 0. The average molecular weight is 296 g/mol. The first-order valence-electron chi connectivity index (χ1n) is 7.03. The lowest BCUT2D eigenvalue weighted by molar-refractivity contribution is -0.122. The Balaban J connectivity index is 1.84. The Morgan fingerprint density at radius 2 is 2.00 bits per heavy atom. The second kappa shape index (κ2) is 5.52. The summed E-state index contributed by atoms with van der Waals surface area (Å²) in [5.74, 6) is 0.119. The molecule has 22 heavy (non-hydrogen) atoms. The molecule has 0 bridgehead atoms.